The summed E-state index contributed by atoms with van der Waals surface area (Å²) in [6, 6.07) is 7.33. The molecule has 3 aromatic rings. The number of carboxylic acid groups (broad SMARTS) is 1. The summed E-state index contributed by atoms with van der Waals surface area (Å²) in [6.07, 6.45) is -4.50. The molecule has 3 rings (SSSR count). The van der Waals surface area contributed by atoms with E-state index in [1.165, 1.54) is 36.9 Å². The number of aromatic hydroxyl groups is 1. The number of nitroso groups, excluding NO2 is 1. The van der Waals surface area contributed by atoms with Crippen molar-refractivity contribution in [2.24, 2.45) is 17.3 Å². The summed E-state index contributed by atoms with van der Waals surface area (Å²) < 4.78 is 39.6. The maximum absolute atomic E-state index is 12.8. The maximum atomic E-state index is 12.8. The van der Waals surface area contributed by atoms with Gasteiger partial charge >= 0.3 is 12.1 Å². The molecule has 0 bridgehead atoms. The molecule has 1 amide bonds. The van der Waals surface area contributed by atoms with Gasteiger partial charge < -0.3 is 10.2 Å². The lowest BCUT2D eigenvalue weighted by atomic mass is 10.1. The zero-order valence-electron chi connectivity index (χ0n) is 17.6. The summed E-state index contributed by atoms with van der Waals surface area (Å²) in [5.74, 6) is -2.54. The van der Waals surface area contributed by atoms with Crippen molar-refractivity contribution in [2.45, 2.75) is 13.1 Å². The summed E-state index contributed by atoms with van der Waals surface area (Å²) in [4.78, 5) is 34.2. The molecule has 13 heteroatoms. The molecule has 1 aromatic heterocycles. The van der Waals surface area contributed by atoms with Gasteiger partial charge in [-0.1, -0.05) is 12.1 Å². The van der Waals surface area contributed by atoms with Gasteiger partial charge in [-0.15, -0.1) is 4.91 Å². The first-order chi connectivity index (χ1) is 15.9. The van der Waals surface area contributed by atoms with E-state index in [2.05, 4.69) is 20.8 Å². The minimum Gasteiger partial charge on any atom is -0.504 e. The number of nitrogens with one attached hydrogen (secondary N) is 1. The highest BCUT2D eigenvalue weighted by Crippen LogP contribution is 2.35. The van der Waals surface area contributed by atoms with Crippen LogP contribution in [0.2, 0.25) is 0 Å². The van der Waals surface area contributed by atoms with Crippen molar-refractivity contribution >= 4 is 23.3 Å². The number of aromatic carboxylic acids is 1. The van der Waals surface area contributed by atoms with Gasteiger partial charge in [0.15, 0.2) is 11.4 Å². The van der Waals surface area contributed by atoms with Crippen molar-refractivity contribution < 1.29 is 33.0 Å². The number of aryl methyl sites for hydroxylation is 1. The molecule has 0 spiro atoms. The Morgan fingerprint density at radius 1 is 1.12 bits per heavy atom. The van der Waals surface area contributed by atoms with E-state index < -0.39 is 29.3 Å². The molecule has 0 radical (unpaired) electrons. The number of aromatic nitrogens is 2. The van der Waals surface area contributed by atoms with Crippen LogP contribution in [0.5, 0.6) is 5.75 Å². The maximum Gasteiger partial charge on any atom is 0.416 e. The van der Waals surface area contributed by atoms with E-state index in [0.717, 1.165) is 24.3 Å². The fourth-order valence-electron chi connectivity index (χ4n) is 3.08. The number of hydrogen-bond donors (Lipinski definition) is 3. The van der Waals surface area contributed by atoms with Crippen LogP contribution in [0.3, 0.4) is 0 Å². The Balaban J connectivity index is 1.85. The van der Waals surface area contributed by atoms with Gasteiger partial charge in [0.25, 0.3) is 5.91 Å². The highest BCUT2D eigenvalue weighted by atomic mass is 19.4. The zero-order chi connectivity index (χ0) is 25.2. The van der Waals surface area contributed by atoms with E-state index in [1.807, 2.05) is 0 Å². The molecule has 176 valence electrons. The average Bonchev–Trinajstić information content (AvgIpc) is 3.09. The third kappa shape index (κ3) is 4.77. The molecular weight excluding hydrogens is 459 g/mol. The topological polar surface area (TPSA) is 146 Å². The van der Waals surface area contributed by atoms with E-state index in [-0.39, 0.29) is 39.5 Å². The van der Waals surface area contributed by atoms with Crippen LogP contribution < -0.4 is 5.43 Å². The van der Waals surface area contributed by atoms with Gasteiger partial charge in [0.2, 0.25) is 0 Å². The molecule has 0 fully saturated rings. The van der Waals surface area contributed by atoms with Crippen LogP contribution in [0.1, 0.15) is 38.9 Å². The second-order valence-corrected chi connectivity index (χ2v) is 7.01. The number of alkyl halides is 3. The summed E-state index contributed by atoms with van der Waals surface area (Å²) >= 11 is 0. The number of carboxylic acids is 1. The van der Waals surface area contributed by atoms with Gasteiger partial charge in [-0.3, -0.25) is 9.48 Å². The predicted molar refractivity (Wildman–Crippen MR) is 114 cm³/mol. The number of benzene rings is 2. The first kappa shape index (κ1) is 24.1. The molecule has 34 heavy (non-hydrogen) atoms. The van der Waals surface area contributed by atoms with Crippen LogP contribution in [0.15, 0.2) is 52.7 Å². The Bertz CT molecular complexity index is 1310. The summed E-state index contributed by atoms with van der Waals surface area (Å²) in [5, 5.41) is 30.1. The molecule has 3 N–H and O–H groups in total. The summed E-state index contributed by atoms with van der Waals surface area (Å²) in [6.45, 7) is 1.42. The monoisotopic (exact) mass is 475 g/mol. The van der Waals surface area contributed by atoms with E-state index in [4.69, 9.17) is 5.11 Å². The number of nitrogens with zero attached hydrogens (tertiary/aromatic N) is 4. The Hall–Kier alpha value is -4.55. The standard InChI is InChI=1S/C21H16F3N5O5/c1-10(25-26-19(31)12-5-8-14(20(32)33)15(9-12)28-34)16-18(30)17(29(2)27-16)11-3-6-13(7-4-11)21(22,23)24/h3-9,30H,1-2H3,(H,26,31)(H,32,33)/b25-10+. The van der Waals surface area contributed by atoms with Crippen LogP contribution in [0.4, 0.5) is 18.9 Å². The fourth-order valence-corrected chi connectivity index (χ4v) is 3.08. The van der Waals surface area contributed by atoms with Crippen LogP contribution in [0, 0.1) is 4.91 Å². The van der Waals surface area contributed by atoms with Crippen molar-refractivity contribution in [3.8, 4) is 17.0 Å². The number of hydrogen-bond acceptors (Lipinski definition) is 7. The van der Waals surface area contributed by atoms with Crippen molar-refractivity contribution in [1.29, 1.82) is 0 Å². The number of carbonyl (C=O) groups excluding carboxylic acids is 1. The normalized spacial score (nSPS) is 11.9. The van der Waals surface area contributed by atoms with E-state index in [1.54, 1.807) is 0 Å². The number of halogens is 3. The van der Waals surface area contributed by atoms with Crippen LogP contribution >= 0.6 is 0 Å². The number of carbonyl (C=O) groups is 2. The predicted octanol–water partition coefficient (Wildman–Crippen LogP) is 4.06. The molecular formula is C21H16F3N5O5. The van der Waals surface area contributed by atoms with Gasteiger partial charge in [0.05, 0.1) is 16.8 Å². The van der Waals surface area contributed by atoms with Crippen molar-refractivity contribution in [3.63, 3.8) is 0 Å². The zero-order valence-corrected chi connectivity index (χ0v) is 17.6. The Morgan fingerprint density at radius 2 is 1.76 bits per heavy atom. The van der Waals surface area contributed by atoms with E-state index in [9.17, 15) is 32.8 Å². The molecule has 10 nitrogen and oxygen atoms in total. The highest BCUT2D eigenvalue weighted by Gasteiger charge is 2.30. The largest absolute Gasteiger partial charge is 0.504 e. The van der Waals surface area contributed by atoms with Gasteiger partial charge in [-0.2, -0.15) is 23.4 Å². The Kier molecular flexibility index (Phi) is 6.47. The van der Waals surface area contributed by atoms with Gasteiger partial charge in [0, 0.05) is 18.2 Å². The second-order valence-electron chi connectivity index (χ2n) is 7.01. The third-order valence-corrected chi connectivity index (χ3v) is 4.76. The minimum atomic E-state index is -4.50. The quantitative estimate of drug-likeness (QED) is 0.278. The molecule has 2 aromatic carbocycles. The average molecular weight is 475 g/mol. The lowest BCUT2D eigenvalue weighted by Gasteiger charge is -2.08. The smallest absolute Gasteiger partial charge is 0.416 e. The first-order valence-corrected chi connectivity index (χ1v) is 9.43. The first-order valence-electron chi connectivity index (χ1n) is 9.43. The molecule has 0 saturated carbocycles. The molecule has 0 aliphatic carbocycles. The molecule has 1 heterocycles. The lowest BCUT2D eigenvalue weighted by molar-refractivity contribution is -0.137. The SMILES string of the molecule is C/C(=N\NC(=O)c1ccc(C(=O)O)c(N=O)c1)c1nn(C)c(-c2ccc(C(F)(F)F)cc2)c1O. The Labute approximate surface area is 189 Å². The van der Waals surface area contributed by atoms with Gasteiger partial charge in [0.1, 0.15) is 11.4 Å². The molecule has 0 unspecified atom stereocenters. The third-order valence-electron chi connectivity index (χ3n) is 4.76. The van der Waals surface area contributed by atoms with Gasteiger partial charge in [-0.05, 0) is 42.4 Å². The van der Waals surface area contributed by atoms with E-state index >= 15 is 0 Å². The van der Waals surface area contributed by atoms with Gasteiger partial charge in [-0.25, -0.2) is 10.2 Å². The second kappa shape index (κ2) is 9.13. The number of rotatable bonds is 6. The van der Waals surface area contributed by atoms with Crippen LogP contribution in [-0.2, 0) is 13.2 Å². The summed E-state index contributed by atoms with van der Waals surface area (Å²) in [7, 11) is 1.47. The molecule has 0 atom stereocenters. The summed E-state index contributed by atoms with van der Waals surface area (Å²) in [5.41, 5.74) is 0.880. The Morgan fingerprint density at radius 3 is 2.32 bits per heavy atom. The number of hydrazone groups is 1. The minimum absolute atomic E-state index is 0.0332. The lowest BCUT2D eigenvalue weighted by Crippen LogP contribution is -2.19. The van der Waals surface area contributed by atoms with Crippen LogP contribution in [-0.4, -0.2) is 37.6 Å². The molecule has 0 aliphatic heterocycles. The van der Waals surface area contributed by atoms with Crippen molar-refractivity contribution in [2.75, 3.05) is 0 Å². The number of amides is 1. The fraction of sp³-hybridized carbons (Fsp3) is 0.143. The molecule has 0 aliphatic rings. The van der Waals surface area contributed by atoms with E-state index in [0.29, 0.717) is 0 Å². The highest BCUT2D eigenvalue weighted by molar-refractivity contribution is 6.03. The molecule has 0 saturated heterocycles. The van der Waals surface area contributed by atoms with Crippen molar-refractivity contribution in [1.82, 2.24) is 15.2 Å². The van der Waals surface area contributed by atoms with Crippen LogP contribution in [0.25, 0.3) is 11.3 Å². The van der Waals surface area contributed by atoms with Crippen molar-refractivity contribution in [3.05, 3.63) is 69.8 Å².